The fraction of sp³-hybridized carbons (Fsp3) is 0.389. The number of halogens is 1. The van der Waals surface area contributed by atoms with E-state index in [-0.39, 0.29) is 41.5 Å². The first-order valence-electron chi connectivity index (χ1n) is 8.72. The summed E-state index contributed by atoms with van der Waals surface area (Å²) in [5.41, 5.74) is 0.650. The molecular formula is C18H21FN4O3S. The molecule has 2 heterocycles. The third-order valence-corrected chi connectivity index (χ3v) is 6.30. The highest BCUT2D eigenvalue weighted by Crippen LogP contribution is 2.19. The molecular weight excluding hydrogens is 371 g/mol. The Hall–Kier alpha value is -2.55. The van der Waals surface area contributed by atoms with Crippen LogP contribution in [0, 0.1) is 5.82 Å². The lowest BCUT2D eigenvalue weighted by atomic mass is 10.2. The molecule has 1 aliphatic heterocycles. The van der Waals surface area contributed by atoms with Gasteiger partial charge >= 0.3 is 0 Å². The molecule has 1 saturated heterocycles. The van der Waals surface area contributed by atoms with Crippen LogP contribution in [-0.4, -0.2) is 53.5 Å². The number of benzene rings is 1. The van der Waals surface area contributed by atoms with Crippen molar-refractivity contribution in [2.45, 2.75) is 25.9 Å². The minimum atomic E-state index is -3.08. The summed E-state index contributed by atoms with van der Waals surface area (Å²) in [7, 11) is -3.08. The fourth-order valence-electron chi connectivity index (χ4n) is 3.10. The van der Waals surface area contributed by atoms with E-state index in [0.717, 1.165) is 0 Å². The van der Waals surface area contributed by atoms with Crippen molar-refractivity contribution in [3.8, 4) is 0 Å². The van der Waals surface area contributed by atoms with Gasteiger partial charge in [-0.05, 0) is 31.5 Å². The zero-order valence-electron chi connectivity index (χ0n) is 14.9. The average molecular weight is 392 g/mol. The van der Waals surface area contributed by atoms with Gasteiger partial charge in [0.05, 0.1) is 11.5 Å². The zero-order valence-corrected chi connectivity index (χ0v) is 15.7. The zero-order chi connectivity index (χ0) is 19.4. The van der Waals surface area contributed by atoms with Gasteiger partial charge in [-0.1, -0.05) is 18.2 Å². The molecule has 1 aromatic heterocycles. The van der Waals surface area contributed by atoms with E-state index in [9.17, 15) is 17.6 Å². The van der Waals surface area contributed by atoms with Gasteiger partial charge in [0.25, 0.3) is 5.91 Å². The van der Waals surface area contributed by atoms with Crippen molar-refractivity contribution in [1.82, 2.24) is 15.1 Å². The summed E-state index contributed by atoms with van der Waals surface area (Å²) < 4.78 is 37.0. The minimum absolute atomic E-state index is 0.0116. The molecule has 0 radical (unpaired) electrons. The lowest BCUT2D eigenvalue weighted by molar-refractivity contribution is 0.0701. The molecule has 144 valence electrons. The van der Waals surface area contributed by atoms with Crippen LogP contribution in [0.2, 0.25) is 0 Å². The Morgan fingerprint density at radius 2 is 2.04 bits per heavy atom. The minimum Gasteiger partial charge on any atom is -0.364 e. The molecule has 1 aliphatic rings. The largest absolute Gasteiger partial charge is 0.364 e. The van der Waals surface area contributed by atoms with Crippen LogP contribution in [0.4, 0.5) is 10.2 Å². The van der Waals surface area contributed by atoms with Gasteiger partial charge in [0.2, 0.25) is 0 Å². The smallest absolute Gasteiger partial charge is 0.274 e. The maximum absolute atomic E-state index is 13.6. The maximum atomic E-state index is 13.6. The molecule has 1 atom stereocenters. The summed E-state index contributed by atoms with van der Waals surface area (Å²) in [4.78, 5) is 14.2. The van der Waals surface area contributed by atoms with Gasteiger partial charge in [-0.25, -0.2) is 12.8 Å². The van der Waals surface area contributed by atoms with E-state index in [2.05, 4.69) is 15.5 Å². The first-order valence-corrected chi connectivity index (χ1v) is 10.5. The second kappa shape index (κ2) is 7.99. The molecule has 1 fully saturated rings. The molecule has 2 aromatic rings. The highest BCUT2D eigenvalue weighted by atomic mass is 32.2. The third-order valence-electron chi connectivity index (χ3n) is 4.55. The Bertz CT molecular complexity index is 918. The van der Waals surface area contributed by atoms with Crippen molar-refractivity contribution in [1.29, 1.82) is 0 Å². The lowest BCUT2D eigenvalue weighted by Gasteiger charge is -2.26. The van der Waals surface area contributed by atoms with Crippen molar-refractivity contribution in [2.24, 2.45) is 0 Å². The first kappa shape index (κ1) is 19.2. The number of nitrogens with one attached hydrogen (secondary N) is 1. The summed E-state index contributed by atoms with van der Waals surface area (Å²) in [6.07, 6.45) is 0.442. The fourth-order valence-corrected chi connectivity index (χ4v) is 4.83. The summed E-state index contributed by atoms with van der Waals surface area (Å²) in [5.74, 6) is -0.141. The number of hydrogen-bond acceptors (Lipinski definition) is 6. The van der Waals surface area contributed by atoms with Crippen molar-refractivity contribution in [3.63, 3.8) is 0 Å². The molecule has 1 N–H and O–H groups in total. The predicted molar refractivity (Wildman–Crippen MR) is 99.5 cm³/mol. The number of rotatable bonds is 6. The molecule has 7 nitrogen and oxygen atoms in total. The standard InChI is InChI=1S/C18H21FN4O3S/c1-2-23(14-9-10-27(25,26)12-14)18(24)16-7-8-17(22-21-16)20-11-13-5-3-4-6-15(13)19/h3-8,14H,2,9-12H2,1H3,(H,20,22). The van der Waals surface area contributed by atoms with E-state index in [1.54, 1.807) is 31.2 Å². The second-order valence-corrected chi connectivity index (χ2v) is 8.63. The van der Waals surface area contributed by atoms with Crippen LogP contribution in [0.3, 0.4) is 0 Å². The van der Waals surface area contributed by atoms with Crippen molar-refractivity contribution in [2.75, 3.05) is 23.4 Å². The van der Waals surface area contributed by atoms with Crippen LogP contribution < -0.4 is 5.32 Å². The Labute approximate surface area is 157 Å². The average Bonchev–Trinajstić information content (AvgIpc) is 3.01. The number of anilines is 1. The monoisotopic (exact) mass is 392 g/mol. The van der Waals surface area contributed by atoms with Gasteiger partial charge in [-0.2, -0.15) is 0 Å². The van der Waals surface area contributed by atoms with Crippen molar-refractivity contribution < 1.29 is 17.6 Å². The van der Waals surface area contributed by atoms with E-state index in [1.165, 1.54) is 17.0 Å². The van der Waals surface area contributed by atoms with Crippen LogP contribution in [0.15, 0.2) is 36.4 Å². The van der Waals surface area contributed by atoms with E-state index in [0.29, 0.717) is 24.3 Å². The Morgan fingerprint density at radius 3 is 2.63 bits per heavy atom. The van der Waals surface area contributed by atoms with Gasteiger partial charge in [-0.15, -0.1) is 10.2 Å². The number of carbonyl (C=O) groups is 1. The maximum Gasteiger partial charge on any atom is 0.274 e. The van der Waals surface area contributed by atoms with Crippen LogP contribution in [0.25, 0.3) is 0 Å². The van der Waals surface area contributed by atoms with Crippen LogP contribution in [-0.2, 0) is 16.4 Å². The molecule has 1 amide bonds. The quantitative estimate of drug-likeness (QED) is 0.807. The third kappa shape index (κ3) is 4.60. The number of amides is 1. The molecule has 0 saturated carbocycles. The van der Waals surface area contributed by atoms with E-state index >= 15 is 0 Å². The van der Waals surface area contributed by atoms with Gasteiger partial charge in [0.1, 0.15) is 11.6 Å². The Kier molecular flexibility index (Phi) is 5.69. The predicted octanol–water partition coefficient (Wildman–Crippen LogP) is 1.88. The SMILES string of the molecule is CCN(C(=O)c1ccc(NCc2ccccc2F)nn1)C1CCS(=O)(=O)C1. The van der Waals surface area contributed by atoms with Gasteiger partial charge in [0.15, 0.2) is 15.5 Å². The number of nitrogens with zero attached hydrogens (tertiary/aromatic N) is 3. The summed E-state index contributed by atoms with van der Waals surface area (Å²) in [6, 6.07) is 9.22. The van der Waals surface area contributed by atoms with Crippen LogP contribution >= 0.6 is 0 Å². The van der Waals surface area contributed by atoms with Gasteiger partial charge in [0, 0.05) is 24.7 Å². The van der Waals surface area contributed by atoms with Crippen molar-refractivity contribution in [3.05, 3.63) is 53.5 Å². The molecule has 0 spiro atoms. The van der Waals surface area contributed by atoms with Crippen molar-refractivity contribution >= 4 is 21.6 Å². The number of aromatic nitrogens is 2. The topological polar surface area (TPSA) is 92.3 Å². The highest BCUT2D eigenvalue weighted by molar-refractivity contribution is 7.91. The second-order valence-electron chi connectivity index (χ2n) is 6.40. The summed E-state index contributed by atoms with van der Waals surface area (Å²) in [6.45, 7) is 2.45. The van der Waals surface area contributed by atoms with E-state index < -0.39 is 9.84 Å². The van der Waals surface area contributed by atoms with Gasteiger partial charge < -0.3 is 10.2 Å². The number of carbonyl (C=O) groups excluding carboxylic acids is 1. The summed E-state index contributed by atoms with van der Waals surface area (Å²) >= 11 is 0. The normalized spacial score (nSPS) is 18.2. The lowest BCUT2D eigenvalue weighted by Crippen LogP contribution is -2.41. The molecule has 3 rings (SSSR count). The Balaban J connectivity index is 1.65. The number of sulfone groups is 1. The number of hydrogen-bond donors (Lipinski definition) is 1. The Morgan fingerprint density at radius 1 is 1.26 bits per heavy atom. The van der Waals surface area contributed by atoms with E-state index in [4.69, 9.17) is 0 Å². The van der Waals surface area contributed by atoms with Crippen LogP contribution in [0.1, 0.15) is 29.4 Å². The summed E-state index contributed by atoms with van der Waals surface area (Å²) in [5, 5.41) is 10.9. The molecule has 27 heavy (non-hydrogen) atoms. The highest BCUT2D eigenvalue weighted by Gasteiger charge is 2.34. The molecule has 0 aliphatic carbocycles. The molecule has 9 heteroatoms. The van der Waals surface area contributed by atoms with Crippen LogP contribution in [0.5, 0.6) is 0 Å². The van der Waals surface area contributed by atoms with Gasteiger partial charge in [-0.3, -0.25) is 4.79 Å². The molecule has 1 aromatic carbocycles. The first-order chi connectivity index (χ1) is 12.9. The molecule has 0 bridgehead atoms. The molecule has 1 unspecified atom stereocenters. The van der Waals surface area contributed by atoms with E-state index in [1.807, 2.05) is 0 Å².